The Morgan fingerprint density at radius 1 is 1.15 bits per heavy atom. The van der Waals surface area contributed by atoms with Crippen LogP contribution in [0.2, 0.25) is 0 Å². The number of anilines is 1. The first-order chi connectivity index (χ1) is 12.1. The lowest BCUT2D eigenvalue weighted by Crippen LogP contribution is -2.30. The first kappa shape index (κ1) is 19.4. The van der Waals surface area contributed by atoms with Crippen molar-refractivity contribution in [2.45, 2.75) is 24.8 Å². The number of carbonyl (C=O) groups is 2. The van der Waals surface area contributed by atoms with Gasteiger partial charge in [0.25, 0.3) is 15.9 Å². The fourth-order valence-electron chi connectivity index (χ4n) is 2.03. The minimum Gasteiger partial charge on any atom is -0.449 e. The van der Waals surface area contributed by atoms with Gasteiger partial charge in [0.05, 0.1) is 10.5 Å². The summed E-state index contributed by atoms with van der Waals surface area (Å²) in [6, 6.07) is 8.72. The topological polar surface area (TPSA) is 116 Å². The van der Waals surface area contributed by atoms with E-state index < -0.39 is 33.8 Å². The molecule has 2 aromatic carbocycles. The fraction of sp³-hybridized carbons (Fsp3) is 0.176. The third kappa shape index (κ3) is 4.57. The van der Waals surface area contributed by atoms with Gasteiger partial charge in [-0.05, 0) is 55.8 Å². The van der Waals surface area contributed by atoms with Gasteiger partial charge in [-0.15, -0.1) is 0 Å². The van der Waals surface area contributed by atoms with E-state index >= 15 is 0 Å². The molecule has 9 heteroatoms. The van der Waals surface area contributed by atoms with E-state index in [1.807, 2.05) is 0 Å². The molecule has 3 N–H and O–H groups in total. The predicted octanol–water partition coefficient (Wildman–Crippen LogP) is 1.97. The molecular formula is C17H17FN2O5S. The van der Waals surface area contributed by atoms with Gasteiger partial charge in [-0.2, -0.15) is 0 Å². The van der Waals surface area contributed by atoms with E-state index in [2.05, 4.69) is 4.72 Å². The van der Waals surface area contributed by atoms with E-state index in [0.717, 1.165) is 18.2 Å². The van der Waals surface area contributed by atoms with Crippen molar-refractivity contribution in [3.05, 3.63) is 59.4 Å². The average Bonchev–Trinajstić information content (AvgIpc) is 2.56. The third-order valence-corrected chi connectivity index (χ3v) is 5.02. The lowest BCUT2D eigenvalue weighted by molar-refractivity contribution is -0.125. The average molecular weight is 380 g/mol. The lowest BCUT2D eigenvalue weighted by Gasteiger charge is -2.13. The molecule has 2 rings (SSSR count). The number of amides is 1. The number of hydrogen-bond acceptors (Lipinski definition) is 5. The lowest BCUT2D eigenvalue weighted by atomic mass is 10.1. The third-order valence-electron chi connectivity index (χ3n) is 3.49. The van der Waals surface area contributed by atoms with E-state index in [1.54, 1.807) is 6.92 Å². The Balaban J connectivity index is 2.32. The second-order valence-electron chi connectivity index (χ2n) is 5.54. The van der Waals surface area contributed by atoms with Crippen molar-refractivity contribution in [1.82, 2.24) is 0 Å². The molecule has 0 aliphatic heterocycles. The highest BCUT2D eigenvalue weighted by Gasteiger charge is 2.22. The molecule has 138 valence electrons. The Bertz CT molecular complexity index is 942. The van der Waals surface area contributed by atoms with Gasteiger partial charge in [0.1, 0.15) is 5.82 Å². The maximum atomic E-state index is 12.9. The summed E-state index contributed by atoms with van der Waals surface area (Å²) >= 11 is 0. The summed E-state index contributed by atoms with van der Waals surface area (Å²) < 4.78 is 45.3. The molecule has 1 unspecified atom stereocenters. The summed E-state index contributed by atoms with van der Waals surface area (Å²) in [6.07, 6.45) is -1.15. The first-order valence-corrected chi connectivity index (χ1v) is 8.98. The van der Waals surface area contributed by atoms with Crippen LogP contribution in [0.25, 0.3) is 0 Å². The highest BCUT2D eigenvalue weighted by molar-refractivity contribution is 7.92. The maximum absolute atomic E-state index is 12.9. The van der Waals surface area contributed by atoms with E-state index in [-0.39, 0.29) is 16.1 Å². The highest BCUT2D eigenvalue weighted by Crippen LogP contribution is 2.21. The molecule has 0 saturated carbocycles. The molecular weight excluding hydrogens is 363 g/mol. The number of benzene rings is 2. The number of primary amides is 1. The zero-order valence-corrected chi connectivity index (χ0v) is 14.8. The van der Waals surface area contributed by atoms with Gasteiger partial charge in [0, 0.05) is 5.69 Å². The maximum Gasteiger partial charge on any atom is 0.338 e. The van der Waals surface area contributed by atoms with Gasteiger partial charge >= 0.3 is 5.97 Å². The molecule has 0 bridgehead atoms. The van der Waals surface area contributed by atoms with Crippen molar-refractivity contribution in [3.63, 3.8) is 0 Å². The van der Waals surface area contributed by atoms with Crippen molar-refractivity contribution < 1.29 is 27.1 Å². The van der Waals surface area contributed by atoms with E-state index in [0.29, 0.717) is 5.56 Å². The second-order valence-corrected chi connectivity index (χ2v) is 7.19. The van der Waals surface area contributed by atoms with Crippen molar-refractivity contribution in [3.8, 4) is 0 Å². The minimum atomic E-state index is -4.03. The number of rotatable bonds is 6. The van der Waals surface area contributed by atoms with Crippen LogP contribution in [-0.2, 0) is 19.6 Å². The van der Waals surface area contributed by atoms with Gasteiger partial charge < -0.3 is 10.5 Å². The van der Waals surface area contributed by atoms with E-state index in [1.165, 1.54) is 31.2 Å². The molecule has 0 aliphatic carbocycles. The summed E-state index contributed by atoms with van der Waals surface area (Å²) in [5, 5.41) is 0. The second kappa shape index (κ2) is 7.52. The highest BCUT2D eigenvalue weighted by atomic mass is 32.2. The van der Waals surface area contributed by atoms with E-state index in [4.69, 9.17) is 10.5 Å². The number of carbonyl (C=O) groups excluding carboxylic acids is 2. The van der Waals surface area contributed by atoms with Gasteiger partial charge in [-0.25, -0.2) is 17.6 Å². The zero-order valence-electron chi connectivity index (χ0n) is 14.0. The molecule has 0 aromatic heterocycles. The molecule has 0 fully saturated rings. The molecule has 2 aromatic rings. The SMILES string of the molecule is Cc1ccc(C(=O)OC(C)C(N)=O)cc1S(=O)(=O)Nc1ccc(F)cc1. The van der Waals surface area contributed by atoms with Crippen LogP contribution >= 0.6 is 0 Å². The monoisotopic (exact) mass is 380 g/mol. The van der Waals surface area contributed by atoms with E-state index in [9.17, 15) is 22.4 Å². The van der Waals surface area contributed by atoms with Crippen LogP contribution < -0.4 is 10.5 Å². The summed E-state index contributed by atoms with van der Waals surface area (Å²) in [7, 11) is -4.03. The van der Waals surface area contributed by atoms with Crippen molar-refractivity contribution in [2.75, 3.05) is 4.72 Å². The van der Waals surface area contributed by atoms with Gasteiger partial charge in [-0.1, -0.05) is 6.07 Å². The van der Waals surface area contributed by atoms with Crippen molar-refractivity contribution in [1.29, 1.82) is 0 Å². The molecule has 0 radical (unpaired) electrons. The number of halogens is 1. The first-order valence-electron chi connectivity index (χ1n) is 7.49. The van der Waals surface area contributed by atoms with Crippen LogP contribution in [0, 0.1) is 12.7 Å². The zero-order chi connectivity index (χ0) is 19.5. The Labute approximate surface area is 150 Å². The Kier molecular flexibility index (Phi) is 5.61. The Hall–Kier alpha value is -2.94. The quantitative estimate of drug-likeness (QED) is 0.744. The molecule has 7 nitrogen and oxygen atoms in total. The van der Waals surface area contributed by atoms with Crippen LogP contribution in [-0.4, -0.2) is 26.4 Å². The molecule has 0 spiro atoms. The normalized spacial score (nSPS) is 12.3. The number of nitrogens with one attached hydrogen (secondary N) is 1. The van der Waals surface area contributed by atoms with Crippen LogP contribution in [0.4, 0.5) is 10.1 Å². The largest absolute Gasteiger partial charge is 0.449 e. The summed E-state index contributed by atoms with van der Waals surface area (Å²) in [6.45, 7) is 2.86. The number of esters is 1. The summed E-state index contributed by atoms with van der Waals surface area (Å²) in [4.78, 5) is 22.9. The van der Waals surface area contributed by atoms with Gasteiger partial charge in [0.15, 0.2) is 6.10 Å². The number of nitrogens with two attached hydrogens (primary N) is 1. The Morgan fingerprint density at radius 2 is 1.77 bits per heavy atom. The molecule has 0 heterocycles. The van der Waals surface area contributed by atoms with Gasteiger partial charge in [0.2, 0.25) is 0 Å². The van der Waals surface area contributed by atoms with Crippen LogP contribution in [0.5, 0.6) is 0 Å². The molecule has 0 aliphatic rings. The summed E-state index contributed by atoms with van der Waals surface area (Å²) in [5.41, 5.74) is 5.54. The smallest absolute Gasteiger partial charge is 0.338 e. The molecule has 1 amide bonds. The summed E-state index contributed by atoms with van der Waals surface area (Å²) in [5.74, 6) is -2.21. The number of hydrogen-bond donors (Lipinski definition) is 2. The van der Waals surface area contributed by atoms with Crippen molar-refractivity contribution >= 4 is 27.6 Å². The minimum absolute atomic E-state index is 0.0526. The number of sulfonamides is 1. The van der Waals surface area contributed by atoms with Crippen molar-refractivity contribution in [2.24, 2.45) is 5.73 Å². The standard InChI is InChI=1S/C17H17FN2O5S/c1-10-3-4-12(17(22)25-11(2)16(19)21)9-15(10)26(23,24)20-14-7-5-13(18)6-8-14/h3-9,11,20H,1-2H3,(H2,19,21). The molecule has 1 atom stereocenters. The molecule has 0 saturated heterocycles. The van der Waals surface area contributed by atoms with Crippen LogP contribution in [0.15, 0.2) is 47.4 Å². The van der Waals surface area contributed by atoms with Crippen LogP contribution in [0.1, 0.15) is 22.8 Å². The van der Waals surface area contributed by atoms with Gasteiger partial charge in [-0.3, -0.25) is 9.52 Å². The fourth-order valence-corrected chi connectivity index (χ4v) is 3.36. The number of ether oxygens (including phenoxy) is 1. The number of aryl methyl sites for hydroxylation is 1. The van der Waals surface area contributed by atoms with Crippen LogP contribution in [0.3, 0.4) is 0 Å². The predicted molar refractivity (Wildman–Crippen MR) is 92.5 cm³/mol. The molecule has 26 heavy (non-hydrogen) atoms. The Morgan fingerprint density at radius 3 is 2.35 bits per heavy atom.